The maximum atomic E-state index is 12.2. The van der Waals surface area contributed by atoms with Crippen LogP contribution in [-0.2, 0) is 14.3 Å². The van der Waals surface area contributed by atoms with E-state index in [2.05, 4.69) is 98.9 Å². The van der Waals surface area contributed by atoms with Gasteiger partial charge in [0.15, 0.2) is 0 Å². The van der Waals surface area contributed by atoms with E-state index in [0.29, 0.717) is 13.0 Å². The molecule has 0 bridgehead atoms. The van der Waals surface area contributed by atoms with Crippen LogP contribution >= 0.6 is 0 Å². The summed E-state index contributed by atoms with van der Waals surface area (Å²) in [6.45, 7) is 5.12. The Morgan fingerprint density at radius 3 is 1.39 bits per heavy atom. The third-order valence-electron chi connectivity index (χ3n) is 8.20. The fourth-order valence-corrected chi connectivity index (χ4v) is 5.21. The first-order valence-electron chi connectivity index (χ1n) is 20.2. The molecule has 0 heterocycles. The van der Waals surface area contributed by atoms with Gasteiger partial charge in [0.25, 0.3) is 0 Å². The molecule has 0 aliphatic rings. The minimum atomic E-state index is -0.563. The molecule has 0 fully saturated rings. The highest BCUT2D eigenvalue weighted by molar-refractivity contribution is 5.69. The number of carbonyl (C=O) groups is 1. The van der Waals surface area contributed by atoms with Crippen molar-refractivity contribution in [1.82, 2.24) is 0 Å². The van der Waals surface area contributed by atoms with Gasteiger partial charge in [-0.05, 0) is 89.9 Å². The zero-order valence-corrected chi connectivity index (χ0v) is 31.9. The summed E-state index contributed by atoms with van der Waals surface area (Å²) < 4.78 is 11.1. The van der Waals surface area contributed by atoms with E-state index in [1.807, 2.05) is 0 Å². The normalized spacial score (nSPS) is 13.3. The van der Waals surface area contributed by atoms with Crippen LogP contribution in [0.5, 0.6) is 0 Å². The standard InChI is InChI=1S/C45H76O4/c1-3-5-7-9-11-13-15-17-19-21-22-23-24-25-26-28-30-32-34-36-38-40-45(47)49-44(42-46)43-48-41-39-37-35-33-31-29-27-20-18-16-14-12-10-8-6-4-2/h6,8,12,14-15,17-18,20-22,24-25,29,31,44,46H,3-5,7,9-11,13,16,19,23,26-28,30,32-43H2,1-2H3/b8-6-,14-12-,17-15-,20-18-,22-21-,25-24-,31-29-. The lowest BCUT2D eigenvalue weighted by Gasteiger charge is -2.15. The van der Waals surface area contributed by atoms with Gasteiger partial charge in [0.2, 0.25) is 0 Å². The Hall–Kier alpha value is -2.43. The van der Waals surface area contributed by atoms with Gasteiger partial charge in [-0.3, -0.25) is 4.79 Å². The molecule has 4 heteroatoms. The maximum absolute atomic E-state index is 12.2. The second kappa shape index (κ2) is 41.7. The molecule has 0 saturated carbocycles. The third-order valence-corrected chi connectivity index (χ3v) is 8.20. The van der Waals surface area contributed by atoms with Crippen LogP contribution in [0, 0.1) is 0 Å². The second-order valence-electron chi connectivity index (χ2n) is 13.0. The van der Waals surface area contributed by atoms with Crippen molar-refractivity contribution in [3.8, 4) is 0 Å². The molecule has 1 atom stereocenters. The molecule has 0 amide bonds. The molecule has 280 valence electrons. The van der Waals surface area contributed by atoms with Crippen molar-refractivity contribution in [3.05, 3.63) is 85.1 Å². The zero-order chi connectivity index (χ0) is 35.6. The van der Waals surface area contributed by atoms with E-state index in [9.17, 15) is 9.90 Å². The Morgan fingerprint density at radius 2 is 0.918 bits per heavy atom. The maximum Gasteiger partial charge on any atom is 0.306 e. The van der Waals surface area contributed by atoms with Gasteiger partial charge in [0.05, 0.1) is 13.2 Å². The molecule has 0 rings (SSSR count). The van der Waals surface area contributed by atoms with Crippen molar-refractivity contribution >= 4 is 5.97 Å². The van der Waals surface area contributed by atoms with Crippen LogP contribution in [0.15, 0.2) is 85.1 Å². The number of hydrogen-bond acceptors (Lipinski definition) is 4. The number of unbranched alkanes of at least 4 members (excludes halogenated alkanes) is 14. The Balaban J connectivity index is 3.56. The van der Waals surface area contributed by atoms with Gasteiger partial charge in [-0.2, -0.15) is 0 Å². The van der Waals surface area contributed by atoms with Gasteiger partial charge < -0.3 is 14.6 Å². The van der Waals surface area contributed by atoms with E-state index < -0.39 is 6.10 Å². The van der Waals surface area contributed by atoms with E-state index in [1.165, 1.54) is 57.8 Å². The number of allylic oxidation sites excluding steroid dienone is 14. The first-order chi connectivity index (χ1) is 24.2. The number of ether oxygens (including phenoxy) is 2. The lowest BCUT2D eigenvalue weighted by atomic mass is 10.1. The molecule has 0 aliphatic heterocycles. The van der Waals surface area contributed by atoms with Crippen LogP contribution in [0.1, 0.15) is 168 Å². The van der Waals surface area contributed by atoms with E-state index in [4.69, 9.17) is 9.47 Å². The molecule has 0 aromatic heterocycles. The SMILES string of the molecule is CC/C=C\C/C=C\C/C=C\C/C=C\CCCCCOCC(CO)OC(=O)CCCCCCCC/C=C\C/C=C\C/C=C\CCCCCCC. The molecular formula is C45H76O4. The summed E-state index contributed by atoms with van der Waals surface area (Å²) in [6.07, 6.45) is 57.7. The van der Waals surface area contributed by atoms with Crippen molar-refractivity contribution in [3.63, 3.8) is 0 Å². The van der Waals surface area contributed by atoms with E-state index >= 15 is 0 Å². The van der Waals surface area contributed by atoms with Crippen LogP contribution < -0.4 is 0 Å². The molecule has 0 spiro atoms. The van der Waals surface area contributed by atoms with Gasteiger partial charge in [0.1, 0.15) is 6.10 Å². The topological polar surface area (TPSA) is 55.8 Å². The third kappa shape index (κ3) is 39.9. The Bertz CT molecular complexity index is 892. The second-order valence-corrected chi connectivity index (χ2v) is 13.0. The molecule has 0 aromatic rings. The van der Waals surface area contributed by atoms with Gasteiger partial charge in [-0.1, -0.05) is 157 Å². The lowest BCUT2D eigenvalue weighted by molar-refractivity contribution is -0.154. The highest BCUT2D eigenvalue weighted by Crippen LogP contribution is 2.11. The number of aliphatic hydroxyl groups is 1. The quantitative estimate of drug-likeness (QED) is 0.0406. The van der Waals surface area contributed by atoms with Crippen molar-refractivity contribution in [1.29, 1.82) is 0 Å². The van der Waals surface area contributed by atoms with E-state index in [0.717, 1.165) is 89.9 Å². The number of carbonyl (C=O) groups excluding carboxylic acids is 1. The van der Waals surface area contributed by atoms with Crippen molar-refractivity contribution in [2.75, 3.05) is 19.8 Å². The van der Waals surface area contributed by atoms with Crippen LogP contribution in [0.4, 0.5) is 0 Å². The minimum Gasteiger partial charge on any atom is -0.457 e. The van der Waals surface area contributed by atoms with E-state index in [-0.39, 0.29) is 19.2 Å². The largest absolute Gasteiger partial charge is 0.457 e. The molecule has 49 heavy (non-hydrogen) atoms. The van der Waals surface area contributed by atoms with Gasteiger partial charge in [-0.25, -0.2) is 0 Å². The highest BCUT2D eigenvalue weighted by atomic mass is 16.6. The fourth-order valence-electron chi connectivity index (χ4n) is 5.21. The first kappa shape index (κ1) is 46.6. The fraction of sp³-hybridized carbons (Fsp3) is 0.667. The zero-order valence-electron chi connectivity index (χ0n) is 31.9. The molecule has 0 aromatic carbocycles. The Kier molecular flexibility index (Phi) is 39.7. The number of hydrogen-bond donors (Lipinski definition) is 1. The van der Waals surface area contributed by atoms with Crippen molar-refractivity contribution in [2.45, 2.75) is 174 Å². The molecule has 1 unspecified atom stereocenters. The lowest BCUT2D eigenvalue weighted by Crippen LogP contribution is -2.27. The predicted molar refractivity (Wildman–Crippen MR) is 214 cm³/mol. The Morgan fingerprint density at radius 1 is 0.510 bits per heavy atom. The summed E-state index contributed by atoms with van der Waals surface area (Å²) in [5, 5.41) is 9.58. The average Bonchev–Trinajstić information content (AvgIpc) is 3.11. The van der Waals surface area contributed by atoms with Gasteiger partial charge in [0, 0.05) is 13.0 Å². The molecule has 4 nitrogen and oxygen atoms in total. The molecule has 0 radical (unpaired) electrons. The van der Waals surface area contributed by atoms with Crippen molar-refractivity contribution in [2.24, 2.45) is 0 Å². The summed E-state index contributed by atoms with van der Waals surface area (Å²) in [5.41, 5.74) is 0. The average molecular weight is 681 g/mol. The summed E-state index contributed by atoms with van der Waals surface area (Å²) in [4.78, 5) is 12.2. The molecular weight excluding hydrogens is 604 g/mol. The van der Waals surface area contributed by atoms with Crippen LogP contribution in [0.2, 0.25) is 0 Å². The summed E-state index contributed by atoms with van der Waals surface area (Å²) >= 11 is 0. The Labute approximate surface area is 303 Å². The smallest absolute Gasteiger partial charge is 0.306 e. The summed E-state index contributed by atoms with van der Waals surface area (Å²) in [5.74, 6) is -0.228. The van der Waals surface area contributed by atoms with E-state index in [1.54, 1.807) is 0 Å². The predicted octanol–water partition coefficient (Wildman–Crippen LogP) is 13.2. The number of rotatable bonds is 36. The summed E-state index contributed by atoms with van der Waals surface area (Å²) in [7, 11) is 0. The minimum absolute atomic E-state index is 0.195. The van der Waals surface area contributed by atoms with Crippen LogP contribution in [-0.4, -0.2) is 37.0 Å². The van der Waals surface area contributed by atoms with Crippen LogP contribution in [0.25, 0.3) is 0 Å². The van der Waals surface area contributed by atoms with Gasteiger partial charge in [-0.15, -0.1) is 0 Å². The summed E-state index contributed by atoms with van der Waals surface area (Å²) in [6, 6.07) is 0. The van der Waals surface area contributed by atoms with Crippen LogP contribution in [0.3, 0.4) is 0 Å². The first-order valence-corrected chi connectivity index (χ1v) is 20.2. The molecule has 1 N–H and O–H groups in total. The number of aliphatic hydroxyl groups excluding tert-OH is 1. The van der Waals surface area contributed by atoms with Crippen molar-refractivity contribution < 1.29 is 19.4 Å². The van der Waals surface area contributed by atoms with Gasteiger partial charge >= 0.3 is 5.97 Å². The monoisotopic (exact) mass is 681 g/mol. The highest BCUT2D eigenvalue weighted by Gasteiger charge is 2.13. The molecule has 0 saturated heterocycles. The molecule has 0 aliphatic carbocycles. The number of esters is 1.